The third kappa shape index (κ3) is 5.74. The number of carbonyl (C=O) groups is 2. The average Bonchev–Trinajstić information content (AvgIpc) is 3.06. The molecule has 0 aromatic heterocycles. The van der Waals surface area contributed by atoms with Crippen LogP contribution in [0.2, 0.25) is 0 Å². The minimum Gasteiger partial charge on any atom is -0.494 e. The second-order valence-corrected chi connectivity index (χ2v) is 6.83. The van der Waals surface area contributed by atoms with Gasteiger partial charge in [-0.15, -0.1) is 0 Å². The van der Waals surface area contributed by atoms with Gasteiger partial charge in [-0.25, -0.2) is 0 Å². The van der Waals surface area contributed by atoms with Crippen LogP contribution in [-0.2, 0) is 16.1 Å². The molecule has 1 aliphatic heterocycles. The average molecular weight is 382 g/mol. The molecule has 1 fully saturated rings. The zero-order valence-corrected chi connectivity index (χ0v) is 16.1. The summed E-state index contributed by atoms with van der Waals surface area (Å²) in [4.78, 5) is 26.1. The van der Waals surface area contributed by atoms with Gasteiger partial charge in [0.2, 0.25) is 5.91 Å². The Morgan fingerprint density at radius 1 is 1.07 bits per heavy atom. The zero-order chi connectivity index (χ0) is 19.8. The molecule has 1 aliphatic rings. The van der Waals surface area contributed by atoms with Crippen molar-refractivity contribution in [2.24, 2.45) is 5.92 Å². The van der Waals surface area contributed by atoms with E-state index in [0.717, 1.165) is 11.3 Å². The number of nitrogens with zero attached hydrogens (tertiary/aromatic N) is 1. The lowest BCUT2D eigenvalue weighted by atomic mass is 10.1. The first-order chi connectivity index (χ1) is 13.6. The molecular weight excluding hydrogens is 356 g/mol. The van der Waals surface area contributed by atoms with Gasteiger partial charge in [-0.3, -0.25) is 9.59 Å². The quantitative estimate of drug-likeness (QED) is 0.724. The van der Waals surface area contributed by atoms with Crippen molar-refractivity contribution >= 4 is 11.8 Å². The molecular formula is C22H26N2O4. The lowest BCUT2D eigenvalue weighted by Crippen LogP contribution is -2.34. The molecule has 1 unspecified atom stereocenters. The minimum atomic E-state index is -0.192. The summed E-state index contributed by atoms with van der Waals surface area (Å²) in [6.07, 6.45) is 0.465. The van der Waals surface area contributed by atoms with Gasteiger partial charge in [0.1, 0.15) is 11.5 Å². The summed E-state index contributed by atoms with van der Waals surface area (Å²) >= 11 is 0. The van der Waals surface area contributed by atoms with Crippen LogP contribution in [0.3, 0.4) is 0 Å². The third-order valence-corrected chi connectivity index (χ3v) is 4.60. The fraction of sp³-hybridized carbons (Fsp3) is 0.364. The van der Waals surface area contributed by atoms with Crippen LogP contribution in [0.15, 0.2) is 54.6 Å². The van der Waals surface area contributed by atoms with Crippen LogP contribution in [0.25, 0.3) is 0 Å². The number of amides is 2. The third-order valence-electron chi connectivity index (χ3n) is 4.60. The second kappa shape index (κ2) is 9.78. The Balaban J connectivity index is 1.38. The number of rotatable bonds is 9. The van der Waals surface area contributed by atoms with E-state index in [9.17, 15) is 9.59 Å². The largest absolute Gasteiger partial charge is 0.494 e. The van der Waals surface area contributed by atoms with E-state index in [2.05, 4.69) is 5.32 Å². The van der Waals surface area contributed by atoms with Gasteiger partial charge in [0.15, 0.2) is 6.61 Å². The van der Waals surface area contributed by atoms with Crippen molar-refractivity contribution in [3.8, 4) is 11.5 Å². The van der Waals surface area contributed by atoms with Crippen molar-refractivity contribution in [1.82, 2.24) is 10.2 Å². The van der Waals surface area contributed by atoms with Crippen LogP contribution in [0, 0.1) is 5.92 Å². The van der Waals surface area contributed by atoms with Crippen molar-refractivity contribution in [2.45, 2.75) is 19.9 Å². The number of hydrogen-bond donors (Lipinski definition) is 1. The van der Waals surface area contributed by atoms with Crippen LogP contribution >= 0.6 is 0 Å². The normalized spacial score (nSPS) is 16.1. The standard InChI is InChI=1S/C22H26N2O4/c1-2-27-19-8-10-20(11-9-19)28-16-21(25)23-13-18-12-22(26)24(15-18)14-17-6-4-3-5-7-17/h3-11,18H,2,12-16H2,1H3,(H,23,25). The number of nitrogens with one attached hydrogen (secondary N) is 1. The lowest BCUT2D eigenvalue weighted by Gasteiger charge is -2.17. The molecule has 2 aromatic carbocycles. The van der Waals surface area contributed by atoms with Gasteiger partial charge in [0, 0.05) is 32.0 Å². The first-order valence-electron chi connectivity index (χ1n) is 9.58. The van der Waals surface area contributed by atoms with Crippen LogP contribution < -0.4 is 14.8 Å². The first kappa shape index (κ1) is 19.7. The number of benzene rings is 2. The molecule has 1 heterocycles. The van der Waals surface area contributed by atoms with Crippen molar-refractivity contribution < 1.29 is 19.1 Å². The van der Waals surface area contributed by atoms with E-state index < -0.39 is 0 Å². The molecule has 0 aliphatic carbocycles. The fourth-order valence-corrected chi connectivity index (χ4v) is 3.20. The molecule has 2 aromatic rings. The summed E-state index contributed by atoms with van der Waals surface area (Å²) in [5.41, 5.74) is 1.12. The van der Waals surface area contributed by atoms with Crippen LogP contribution in [0.4, 0.5) is 0 Å². The van der Waals surface area contributed by atoms with Crippen molar-refractivity contribution in [3.05, 3.63) is 60.2 Å². The molecule has 148 valence electrons. The molecule has 0 bridgehead atoms. The van der Waals surface area contributed by atoms with E-state index in [1.807, 2.05) is 54.3 Å². The van der Waals surface area contributed by atoms with E-state index in [-0.39, 0.29) is 24.3 Å². The molecule has 28 heavy (non-hydrogen) atoms. The van der Waals surface area contributed by atoms with Crippen LogP contribution in [0.5, 0.6) is 11.5 Å². The molecule has 0 saturated carbocycles. The van der Waals surface area contributed by atoms with E-state index in [1.165, 1.54) is 0 Å². The summed E-state index contributed by atoms with van der Waals surface area (Å²) in [5.74, 6) is 1.45. The van der Waals surface area contributed by atoms with Gasteiger partial charge in [-0.2, -0.15) is 0 Å². The Hall–Kier alpha value is -3.02. The van der Waals surface area contributed by atoms with Crippen LogP contribution in [0.1, 0.15) is 18.9 Å². The monoisotopic (exact) mass is 382 g/mol. The minimum absolute atomic E-state index is 0.0532. The molecule has 1 atom stereocenters. The summed E-state index contributed by atoms with van der Waals surface area (Å²) in [7, 11) is 0. The Morgan fingerprint density at radius 3 is 2.43 bits per heavy atom. The maximum atomic E-state index is 12.2. The molecule has 2 amide bonds. The summed E-state index contributed by atoms with van der Waals surface area (Å²) in [5, 5.41) is 2.86. The highest BCUT2D eigenvalue weighted by atomic mass is 16.5. The van der Waals surface area contributed by atoms with E-state index in [1.54, 1.807) is 12.1 Å². The van der Waals surface area contributed by atoms with Gasteiger partial charge in [0.05, 0.1) is 6.61 Å². The van der Waals surface area contributed by atoms with Gasteiger partial charge >= 0.3 is 0 Å². The molecule has 0 radical (unpaired) electrons. The highest BCUT2D eigenvalue weighted by Crippen LogP contribution is 2.20. The first-order valence-corrected chi connectivity index (χ1v) is 9.58. The number of likely N-dealkylation sites (tertiary alicyclic amines) is 1. The summed E-state index contributed by atoms with van der Waals surface area (Å²) in [6, 6.07) is 17.1. The van der Waals surface area contributed by atoms with Gasteiger partial charge < -0.3 is 19.7 Å². The maximum Gasteiger partial charge on any atom is 0.257 e. The SMILES string of the molecule is CCOc1ccc(OCC(=O)NCC2CC(=O)N(Cc3ccccc3)C2)cc1. The van der Waals surface area contributed by atoms with Crippen molar-refractivity contribution in [1.29, 1.82) is 0 Å². The maximum absolute atomic E-state index is 12.2. The number of carbonyl (C=O) groups excluding carboxylic acids is 2. The molecule has 0 spiro atoms. The highest BCUT2D eigenvalue weighted by Gasteiger charge is 2.29. The van der Waals surface area contributed by atoms with E-state index in [0.29, 0.717) is 38.4 Å². The predicted molar refractivity (Wildman–Crippen MR) is 106 cm³/mol. The van der Waals surface area contributed by atoms with Gasteiger partial charge in [-0.1, -0.05) is 30.3 Å². The highest BCUT2D eigenvalue weighted by molar-refractivity contribution is 5.79. The van der Waals surface area contributed by atoms with Crippen LogP contribution in [-0.4, -0.2) is 43.0 Å². The number of ether oxygens (including phenoxy) is 2. The molecule has 1 N–H and O–H groups in total. The Labute approximate surface area is 165 Å². The Morgan fingerprint density at radius 2 is 1.75 bits per heavy atom. The fourth-order valence-electron chi connectivity index (χ4n) is 3.20. The van der Waals surface area contributed by atoms with E-state index >= 15 is 0 Å². The van der Waals surface area contributed by atoms with Crippen molar-refractivity contribution in [2.75, 3.05) is 26.3 Å². The predicted octanol–water partition coefficient (Wildman–Crippen LogP) is 2.63. The molecule has 6 heteroatoms. The molecule has 1 saturated heterocycles. The summed E-state index contributed by atoms with van der Waals surface area (Å²) in [6.45, 7) is 4.23. The van der Waals surface area contributed by atoms with Gasteiger partial charge in [0.25, 0.3) is 5.91 Å². The zero-order valence-electron chi connectivity index (χ0n) is 16.1. The molecule has 3 rings (SSSR count). The molecule has 6 nitrogen and oxygen atoms in total. The second-order valence-electron chi connectivity index (χ2n) is 6.83. The van der Waals surface area contributed by atoms with Gasteiger partial charge in [-0.05, 0) is 36.8 Å². The summed E-state index contributed by atoms with van der Waals surface area (Å²) < 4.78 is 10.9. The Kier molecular flexibility index (Phi) is 6.89. The van der Waals surface area contributed by atoms with Crippen molar-refractivity contribution in [3.63, 3.8) is 0 Å². The lowest BCUT2D eigenvalue weighted by molar-refractivity contribution is -0.128. The topological polar surface area (TPSA) is 67.9 Å². The number of hydrogen-bond acceptors (Lipinski definition) is 4. The smallest absolute Gasteiger partial charge is 0.257 e. The Bertz CT molecular complexity index is 777. The van der Waals surface area contributed by atoms with E-state index in [4.69, 9.17) is 9.47 Å².